The minimum atomic E-state index is -0.336. The molecule has 0 spiro atoms. The molecule has 0 aliphatic carbocycles. The van der Waals surface area contributed by atoms with Crippen LogP contribution in [0.25, 0.3) is 5.69 Å². The molecule has 0 aliphatic heterocycles. The van der Waals surface area contributed by atoms with E-state index in [9.17, 15) is 9.59 Å². The molecule has 0 radical (unpaired) electrons. The summed E-state index contributed by atoms with van der Waals surface area (Å²) < 4.78 is 6.87. The Morgan fingerprint density at radius 2 is 2.03 bits per heavy atom. The maximum absolute atomic E-state index is 12.4. The van der Waals surface area contributed by atoms with Crippen LogP contribution in [-0.4, -0.2) is 44.0 Å². The Kier molecular flexibility index (Phi) is 7.22. The number of aryl methyl sites for hydroxylation is 3. The van der Waals surface area contributed by atoms with Crippen molar-refractivity contribution in [3.63, 3.8) is 0 Å². The number of hydrogen-bond donors (Lipinski definition) is 1. The fraction of sp³-hybridized carbons (Fsp3) is 0.350. The van der Waals surface area contributed by atoms with Gasteiger partial charge in [-0.25, -0.2) is 4.98 Å². The zero-order valence-corrected chi connectivity index (χ0v) is 18.9. The number of anilines is 1. The van der Waals surface area contributed by atoms with Crippen LogP contribution < -0.4 is 5.32 Å². The third-order valence-electron chi connectivity index (χ3n) is 4.16. The summed E-state index contributed by atoms with van der Waals surface area (Å²) in [6, 6.07) is 6.20. The molecule has 0 unspecified atom stereocenters. The van der Waals surface area contributed by atoms with Gasteiger partial charge in [0.2, 0.25) is 5.91 Å². The Hall–Kier alpha value is -2.72. The SMILES string of the molecule is CCOC(=O)Cc1csc(NC(=O)CSc2nnc(C)n2-c2cc(C)ccc2C)n1. The lowest BCUT2D eigenvalue weighted by atomic mass is 10.1. The number of benzene rings is 1. The maximum atomic E-state index is 12.4. The van der Waals surface area contributed by atoms with Gasteiger partial charge >= 0.3 is 5.97 Å². The van der Waals surface area contributed by atoms with Gasteiger partial charge in [-0.15, -0.1) is 21.5 Å². The molecule has 0 saturated heterocycles. The number of ether oxygens (including phenoxy) is 1. The van der Waals surface area contributed by atoms with Crippen LogP contribution in [0.4, 0.5) is 5.13 Å². The van der Waals surface area contributed by atoms with Crippen LogP contribution in [0.1, 0.15) is 29.6 Å². The zero-order chi connectivity index (χ0) is 21.7. The lowest BCUT2D eigenvalue weighted by Crippen LogP contribution is -2.15. The smallest absolute Gasteiger partial charge is 0.311 e. The molecule has 0 atom stereocenters. The van der Waals surface area contributed by atoms with Gasteiger partial charge in [0.25, 0.3) is 0 Å². The highest BCUT2D eigenvalue weighted by Crippen LogP contribution is 2.25. The van der Waals surface area contributed by atoms with Gasteiger partial charge in [0.05, 0.1) is 30.2 Å². The van der Waals surface area contributed by atoms with E-state index >= 15 is 0 Å². The molecule has 1 N–H and O–H groups in total. The van der Waals surface area contributed by atoms with Crippen LogP contribution in [0.5, 0.6) is 0 Å². The molecule has 8 nitrogen and oxygen atoms in total. The van der Waals surface area contributed by atoms with E-state index in [0.29, 0.717) is 22.6 Å². The molecule has 3 rings (SSSR count). The Morgan fingerprint density at radius 3 is 2.80 bits per heavy atom. The first-order valence-corrected chi connectivity index (χ1v) is 11.3. The predicted molar refractivity (Wildman–Crippen MR) is 117 cm³/mol. The minimum Gasteiger partial charge on any atom is -0.466 e. The van der Waals surface area contributed by atoms with Gasteiger partial charge in [0.1, 0.15) is 5.82 Å². The molecule has 10 heteroatoms. The van der Waals surface area contributed by atoms with Crippen LogP contribution in [0, 0.1) is 20.8 Å². The molecule has 1 amide bonds. The number of nitrogens with one attached hydrogen (secondary N) is 1. The van der Waals surface area contributed by atoms with Crippen molar-refractivity contribution in [2.45, 2.75) is 39.3 Å². The number of hydrogen-bond acceptors (Lipinski definition) is 8. The highest BCUT2D eigenvalue weighted by Gasteiger charge is 2.16. The van der Waals surface area contributed by atoms with Crippen molar-refractivity contribution < 1.29 is 14.3 Å². The molecular formula is C20H23N5O3S2. The van der Waals surface area contributed by atoms with Crippen molar-refractivity contribution in [3.05, 3.63) is 46.2 Å². The van der Waals surface area contributed by atoms with Gasteiger partial charge in [-0.1, -0.05) is 23.9 Å². The summed E-state index contributed by atoms with van der Waals surface area (Å²) in [4.78, 5) is 28.2. The van der Waals surface area contributed by atoms with Crippen molar-refractivity contribution in [1.29, 1.82) is 0 Å². The van der Waals surface area contributed by atoms with E-state index in [2.05, 4.69) is 38.7 Å². The monoisotopic (exact) mass is 445 g/mol. The van der Waals surface area contributed by atoms with E-state index in [0.717, 1.165) is 22.6 Å². The van der Waals surface area contributed by atoms with Gasteiger partial charge in [-0.3, -0.25) is 14.2 Å². The van der Waals surface area contributed by atoms with Gasteiger partial charge in [-0.2, -0.15) is 0 Å². The summed E-state index contributed by atoms with van der Waals surface area (Å²) in [6.45, 7) is 8.04. The van der Waals surface area contributed by atoms with Crippen LogP contribution >= 0.6 is 23.1 Å². The third-order valence-corrected chi connectivity index (χ3v) is 5.90. The predicted octanol–water partition coefficient (Wildman–Crippen LogP) is 3.49. The lowest BCUT2D eigenvalue weighted by molar-refractivity contribution is -0.142. The van der Waals surface area contributed by atoms with Crippen molar-refractivity contribution in [1.82, 2.24) is 19.7 Å². The summed E-state index contributed by atoms with van der Waals surface area (Å²) in [5, 5.41) is 14.0. The average molecular weight is 446 g/mol. The molecule has 2 heterocycles. The third kappa shape index (κ3) is 5.45. The number of carbonyl (C=O) groups excluding carboxylic acids is 2. The number of esters is 1. The topological polar surface area (TPSA) is 99.0 Å². The standard InChI is InChI=1S/C20H23N5O3S2/c1-5-28-18(27)9-15-10-29-19(21-15)22-17(26)11-30-20-24-23-14(4)25(20)16-8-12(2)6-7-13(16)3/h6-8,10H,5,9,11H2,1-4H3,(H,21,22,26). The number of carbonyl (C=O) groups is 2. The van der Waals surface area contributed by atoms with Gasteiger partial charge in [-0.05, 0) is 44.9 Å². The quantitative estimate of drug-likeness (QED) is 0.418. The summed E-state index contributed by atoms with van der Waals surface area (Å²) in [5.41, 5.74) is 3.82. The highest BCUT2D eigenvalue weighted by atomic mass is 32.2. The molecule has 0 aliphatic rings. The highest BCUT2D eigenvalue weighted by molar-refractivity contribution is 7.99. The molecule has 2 aromatic heterocycles. The lowest BCUT2D eigenvalue weighted by Gasteiger charge is -2.12. The molecule has 0 bridgehead atoms. The molecule has 1 aromatic carbocycles. The Morgan fingerprint density at radius 1 is 1.23 bits per heavy atom. The fourth-order valence-electron chi connectivity index (χ4n) is 2.77. The van der Waals surface area contributed by atoms with E-state index in [1.54, 1.807) is 12.3 Å². The molecule has 30 heavy (non-hydrogen) atoms. The van der Waals surface area contributed by atoms with Crippen LogP contribution in [0.2, 0.25) is 0 Å². The molecule has 0 saturated carbocycles. The van der Waals surface area contributed by atoms with Crippen LogP contribution in [0.15, 0.2) is 28.7 Å². The molecule has 158 valence electrons. The molecular weight excluding hydrogens is 422 g/mol. The average Bonchev–Trinajstić information content (AvgIpc) is 3.28. The van der Waals surface area contributed by atoms with Crippen LogP contribution in [-0.2, 0) is 20.7 Å². The second-order valence-corrected chi connectivity index (χ2v) is 8.42. The summed E-state index contributed by atoms with van der Waals surface area (Å²) >= 11 is 2.58. The Balaban J connectivity index is 1.63. The number of amides is 1. The molecule has 0 fully saturated rings. The first kappa shape index (κ1) is 22.0. The summed E-state index contributed by atoms with van der Waals surface area (Å²) in [7, 11) is 0. The minimum absolute atomic E-state index is 0.0905. The van der Waals surface area contributed by atoms with E-state index < -0.39 is 0 Å². The van der Waals surface area contributed by atoms with Crippen LogP contribution in [0.3, 0.4) is 0 Å². The van der Waals surface area contributed by atoms with E-state index in [4.69, 9.17) is 4.74 Å². The second kappa shape index (κ2) is 9.86. The number of aromatic nitrogens is 4. The Labute approximate surface area is 183 Å². The number of thioether (sulfide) groups is 1. The second-order valence-electron chi connectivity index (χ2n) is 6.62. The zero-order valence-electron chi connectivity index (χ0n) is 17.3. The first-order chi connectivity index (χ1) is 14.4. The largest absolute Gasteiger partial charge is 0.466 e. The Bertz CT molecular complexity index is 1060. The van der Waals surface area contributed by atoms with Crippen molar-refractivity contribution in [2.24, 2.45) is 0 Å². The van der Waals surface area contributed by atoms with Crippen molar-refractivity contribution >= 4 is 40.1 Å². The fourth-order valence-corrected chi connectivity index (χ4v) is 4.28. The van der Waals surface area contributed by atoms with Crippen molar-refractivity contribution in [3.8, 4) is 5.69 Å². The first-order valence-electron chi connectivity index (χ1n) is 9.39. The normalized spacial score (nSPS) is 10.8. The number of thiazole rings is 1. The van der Waals surface area contributed by atoms with Crippen molar-refractivity contribution in [2.75, 3.05) is 17.7 Å². The molecule has 3 aromatic rings. The van der Waals surface area contributed by atoms with E-state index in [1.165, 1.54) is 23.1 Å². The van der Waals surface area contributed by atoms with Gasteiger partial charge < -0.3 is 10.1 Å². The van der Waals surface area contributed by atoms with Gasteiger partial charge in [0, 0.05) is 5.38 Å². The number of rotatable bonds is 8. The summed E-state index contributed by atoms with van der Waals surface area (Å²) in [6.07, 6.45) is 0.0905. The van der Waals surface area contributed by atoms with E-state index in [1.807, 2.05) is 25.3 Å². The maximum Gasteiger partial charge on any atom is 0.311 e. The number of nitrogens with zero attached hydrogens (tertiary/aromatic N) is 4. The summed E-state index contributed by atoms with van der Waals surface area (Å²) in [5.74, 6) is 0.383. The van der Waals surface area contributed by atoms with E-state index in [-0.39, 0.29) is 24.1 Å². The van der Waals surface area contributed by atoms with Gasteiger partial charge in [0.15, 0.2) is 10.3 Å².